The highest BCUT2D eigenvalue weighted by atomic mass is 15.2. The van der Waals surface area contributed by atoms with E-state index in [0.29, 0.717) is 0 Å². The van der Waals surface area contributed by atoms with Gasteiger partial charge >= 0.3 is 0 Å². The lowest BCUT2D eigenvalue weighted by Crippen LogP contribution is -2.35. The van der Waals surface area contributed by atoms with Crippen molar-refractivity contribution in [2.24, 2.45) is 17.6 Å². The Hall–Kier alpha value is -0.590. The summed E-state index contributed by atoms with van der Waals surface area (Å²) in [5, 5.41) is 8.53. The van der Waals surface area contributed by atoms with Gasteiger partial charge in [0.2, 0.25) is 0 Å². The molecule has 0 amide bonds. The van der Waals surface area contributed by atoms with Crippen molar-refractivity contribution in [1.29, 1.82) is 5.26 Å². The van der Waals surface area contributed by atoms with Crippen LogP contribution in [0.4, 0.5) is 0 Å². The fraction of sp³-hybridized carbons (Fsp3) is 0.889. The summed E-state index contributed by atoms with van der Waals surface area (Å²) in [6.07, 6.45) is 0. The van der Waals surface area contributed by atoms with Crippen LogP contribution < -0.4 is 5.73 Å². The minimum Gasteiger partial charge on any atom is -0.315 e. The molecule has 0 aliphatic carbocycles. The lowest BCUT2D eigenvalue weighted by Gasteiger charge is -2.15. The molecule has 0 aromatic carbocycles. The highest BCUT2D eigenvalue weighted by molar-refractivity contribution is 4.91. The second kappa shape index (κ2) is 3.88. The van der Waals surface area contributed by atoms with Gasteiger partial charge in [-0.1, -0.05) is 13.8 Å². The summed E-state index contributed by atoms with van der Waals surface area (Å²) in [5.41, 5.74) is 5.54. The molecule has 1 saturated heterocycles. The first kappa shape index (κ1) is 9.50. The summed E-state index contributed by atoms with van der Waals surface area (Å²) in [4.78, 5) is 2.28. The van der Waals surface area contributed by atoms with Crippen molar-refractivity contribution in [3.63, 3.8) is 0 Å². The fourth-order valence-electron chi connectivity index (χ4n) is 1.72. The summed E-state index contributed by atoms with van der Waals surface area (Å²) in [6, 6.07) is 1.74. The number of hydrogen-bond donors (Lipinski definition) is 1. The largest absolute Gasteiger partial charge is 0.315 e. The number of hydrogen-bond acceptors (Lipinski definition) is 3. The van der Waals surface area contributed by atoms with Gasteiger partial charge in [0.25, 0.3) is 0 Å². The summed E-state index contributed by atoms with van der Waals surface area (Å²) < 4.78 is 0. The Labute approximate surface area is 74.1 Å². The Bertz CT molecular complexity index is 175. The molecule has 68 valence electrons. The maximum Gasteiger partial charge on any atom is 0.106 e. The number of nitrogens with zero attached hydrogens (tertiary/aromatic N) is 2. The van der Waals surface area contributed by atoms with Crippen LogP contribution in [0.15, 0.2) is 0 Å². The zero-order valence-corrected chi connectivity index (χ0v) is 7.83. The van der Waals surface area contributed by atoms with Crippen LogP contribution in [-0.2, 0) is 0 Å². The third kappa shape index (κ3) is 2.20. The summed E-state index contributed by atoms with van der Waals surface area (Å²) in [5.74, 6) is 1.49. The van der Waals surface area contributed by atoms with Crippen molar-refractivity contribution in [2.75, 3.05) is 19.6 Å². The van der Waals surface area contributed by atoms with Gasteiger partial charge in [-0.05, 0) is 11.8 Å². The lowest BCUT2D eigenvalue weighted by atomic mass is 10.0. The van der Waals surface area contributed by atoms with E-state index < -0.39 is 0 Å². The van der Waals surface area contributed by atoms with Gasteiger partial charge in [0.1, 0.15) is 6.04 Å². The van der Waals surface area contributed by atoms with E-state index in [1.54, 1.807) is 0 Å². The molecule has 3 nitrogen and oxygen atoms in total. The van der Waals surface area contributed by atoms with Gasteiger partial charge in [0.05, 0.1) is 6.07 Å². The zero-order valence-electron chi connectivity index (χ0n) is 7.83. The molecule has 0 radical (unpaired) electrons. The normalized spacial score (nSPS) is 33.2. The van der Waals surface area contributed by atoms with E-state index in [0.717, 1.165) is 31.5 Å². The Morgan fingerprint density at radius 1 is 1.50 bits per heavy atom. The van der Waals surface area contributed by atoms with Gasteiger partial charge < -0.3 is 10.6 Å². The summed E-state index contributed by atoms with van der Waals surface area (Å²) >= 11 is 0. The number of nitrogens with two attached hydrogens (primary N) is 1. The van der Waals surface area contributed by atoms with Gasteiger partial charge in [-0.2, -0.15) is 5.26 Å². The molecule has 0 aromatic heterocycles. The van der Waals surface area contributed by atoms with Crippen molar-refractivity contribution < 1.29 is 0 Å². The molecule has 1 heterocycles. The summed E-state index contributed by atoms with van der Waals surface area (Å²) in [6.45, 7) is 7.42. The molecule has 1 rings (SSSR count). The van der Waals surface area contributed by atoms with Gasteiger partial charge in [-0.15, -0.1) is 0 Å². The minimum absolute atomic E-state index is 0.317. The highest BCUT2D eigenvalue weighted by Crippen LogP contribution is 2.21. The van der Waals surface area contributed by atoms with E-state index in [2.05, 4.69) is 24.8 Å². The number of rotatable bonds is 2. The van der Waals surface area contributed by atoms with Crippen molar-refractivity contribution in [3.05, 3.63) is 0 Å². The first-order valence-corrected chi connectivity index (χ1v) is 4.51. The predicted octanol–water partition coefficient (Wildman–Crippen LogP) is 0.425. The molecule has 1 fully saturated rings. The van der Waals surface area contributed by atoms with E-state index in [1.807, 2.05) is 0 Å². The second-order valence-electron chi connectivity index (χ2n) is 3.91. The predicted molar refractivity (Wildman–Crippen MR) is 48.4 cm³/mol. The zero-order chi connectivity index (χ0) is 9.14. The third-order valence-electron chi connectivity index (χ3n) is 2.68. The first-order chi connectivity index (χ1) is 5.63. The van der Waals surface area contributed by atoms with Crippen molar-refractivity contribution in [2.45, 2.75) is 19.9 Å². The molecule has 3 unspecified atom stereocenters. The van der Waals surface area contributed by atoms with Crippen molar-refractivity contribution in [1.82, 2.24) is 4.90 Å². The minimum atomic E-state index is -0.317. The average Bonchev–Trinajstić information content (AvgIpc) is 2.31. The SMILES string of the molecule is CC1CN(CC(N)C#N)CC1C. The topological polar surface area (TPSA) is 53.0 Å². The van der Waals surface area contributed by atoms with E-state index in [9.17, 15) is 0 Å². The van der Waals surface area contributed by atoms with E-state index in [1.165, 1.54) is 0 Å². The maximum absolute atomic E-state index is 8.53. The van der Waals surface area contributed by atoms with Crippen LogP contribution >= 0.6 is 0 Å². The van der Waals surface area contributed by atoms with E-state index >= 15 is 0 Å². The van der Waals surface area contributed by atoms with E-state index in [4.69, 9.17) is 11.0 Å². The molecule has 0 saturated carbocycles. The van der Waals surface area contributed by atoms with Crippen molar-refractivity contribution in [3.8, 4) is 6.07 Å². The molecular formula is C9H17N3. The quantitative estimate of drug-likeness (QED) is 0.648. The van der Waals surface area contributed by atoms with E-state index in [-0.39, 0.29) is 6.04 Å². The first-order valence-electron chi connectivity index (χ1n) is 4.51. The highest BCUT2D eigenvalue weighted by Gasteiger charge is 2.26. The molecule has 2 N–H and O–H groups in total. The van der Waals surface area contributed by atoms with Crippen LogP contribution in [0.5, 0.6) is 0 Å². The maximum atomic E-state index is 8.53. The Morgan fingerprint density at radius 2 is 2.00 bits per heavy atom. The van der Waals surface area contributed by atoms with Crippen LogP contribution in [0.1, 0.15) is 13.8 Å². The lowest BCUT2D eigenvalue weighted by molar-refractivity contribution is 0.317. The monoisotopic (exact) mass is 167 g/mol. The molecule has 12 heavy (non-hydrogen) atoms. The van der Waals surface area contributed by atoms with Gasteiger partial charge in [0.15, 0.2) is 0 Å². The van der Waals surface area contributed by atoms with Crippen LogP contribution in [0, 0.1) is 23.2 Å². The molecule has 0 aromatic rings. The second-order valence-corrected chi connectivity index (χ2v) is 3.91. The molecule has 0 bridgehead atoms. The third-order valence-corrected chi connectivity index (χ3v) is 2.68. The van der Waals surface area contributed by atoms with Crippen LogP contribution in [0.3, 0.4) is 0 Å². The molecule has 3 heteroatoms. The standard InChI is InChI=1S/C9H17N3/c1-7-4-12(5-8(7)2)6-9(11)3-10/h7-9H,4-6,11H2,1-2H3. The Morgan fingerprint density at radius 3 is 2.42 bits per heavy atom. The average molecular weight is 167 g/mol. The van der Waals surface area contributed by atoms with Gasteiger partial charge in [-0.25, -0.2) is 0 Å². The molecule has 0 spiro atoms. The Kier molecular flexibility index (Phi) is 3.07. The van der Waals surface area contributed by atoms with Crippen LogP contribution in [0.25, 0.3) is 0 Å². The number of likely N-dealkylation sites (tertiary alicyclic amines) is 1. The van der Waals surface area contributed by atoms with Crippen LogP contribution in [-0.4, -0.2) is 30.6 Å². The smallest absolute Gasteiger partial charge is 0.106 e. The molecular weight excluding hydrogens is 150 g/mol. The Balaban J connectivity index is 2.33. The van der Waals surface area contributed by atoms with Gasteiger partial charge in [0, 0.05) is 19.6 Å². The van der Waals surface area contributed by atoms with Gasteiger partial charge in [-0.3, -0.25) is 0 Å². The van der Waals surface area contributed by atoms with Crippen molar-refractivity contribution >= 4 is 0 Å². The summed E-state index contributed by atoms with van der Waals surface area (Å²) in [7, 11) is 0. The van der Waals surface area contributed by atoms with Crippen LogP contribution in [0.2, 0.25) is 0 Å². The fourth-order valence-corrected chi connectivity index (χ4v) is 1.72. The molecule has 3 atom stereocenters. The number of nitriles is 1. The molecule has 1 aliphatic heterocycles. The molecule has 1 aliphatic rings.